The van der Waals surface area contributed by atoms with Crippen LogP contribution in [0.15, 0.2) is 58.8 Å². The average molecular weight is 368 g/mol. The van der Waals surface area contributed by atoms with Crippen molar-refractivity contribution in [2.75, 3.05) is 7.11 Å². The van der Waals surface area contributed by atoms with Crippen molar-refractivity contribution >= 4 is 33.9 Å². The van der Waals surface area contributed by atoms with Gasteiger partial charge in [-0.15, -0.1) is 10.2 Å². The molecule has 0 bridgehead atoms. The van der Waals surface area contributed by atoms with Crippen molar-refractivity contribution in [2.24, 2.45) is 10.2 Å². The fourth-order valence-corrected chi connectivity index (χ4v) is 2.86. The molecule has 0 amide bonds. The van der Waals surface area contributed by atoms with Gasteiger partial charge in [0.25, 0.3) is 0 Å². The van der Waals surface area contributed by atoms with Gasteiger partial charge >= 0.3 is 0 Å². The van der Waals surface area contributed by atoms with Crippen LogP contribution in [0.3, 0.4) is 0 Å². The van der Waals surface area contributed by atoms with Crippen molar-refractivity contribution in [1.82, 2.24) is 9.88 Å². The molecule has 0 saturated carbocycles. The number of fused-ring (bicyclic) bond motifs is 1. The minimum absolute atomic E-state index is 0.0930. The van der Waals surface area contributed by atoms with E-state index in [1.165, 1.54) is 0 Å². The summed E-state index contributed by atoms with van der Waals surface area (Å²) in [5.74, 6) is 0.897. The summed E-state index contributed by atoms with van der Waals surface area (Å²) >= 11 is 5.22. The number of methoxy groups -OCH3 is 1. The normalized spacial score (nSPS) is 11.2. The number of azo groups is 1. The van der Waals surface area contributed by atoms with Crippen LogP contribution in [0.25, 0.3) is 10.9 Å². The minimum atomic E-state index is 0.0930. The lowest BCUT2D eigenvalue weighted by Crippen LogP contribution is -2.18. The summed E-state index contributed by atoms with van der Waals surface area (Å²) in [6.07, 6.45) is 0. The molecule has 0 unspecified atom stereocenters. The Hall–Kier alpha value is -2.93. The molecule has 3 rings (SSSR count). The zero-order valence-corrected chi connectivity index (χ0v) is 15.5. The first-order valence-corrected chi connectivity index (χ1v) is 8.67. The Morgan fingerprint density at radius 1 is 1.19 bits per heavy atom. The summed E-state index contributed by atoms with van der Waals surface area (Å²) in [7, 11) is 1.63. The molecule has 0 saturated heterocycles. The molecule has 0 fully saturated rings. The quantitative estimate of drug-likeness (QED) is 0.512. The summed E-state index contributed by atoms with van der Waals surface area (Å²) in [6.45, 7) is 3.14. The van der Waals surface area contributed by atoms with E-state index in [2.05, 4.69) is 15.5 Å². The topological polar surface area (TPSA) is 71.1 Å². The van der Waals surface area contributed by atoms with Crippen LogP contribution in [0.2, 0.25) is 0 Å². The number of benzene rings is 2. The number of thiocarbonyl (C=S) groups is 1. The first kappa shape index (κ1) is 17.9. The molecule has 0 spiro atoms. The van der Waals surface area contributed by atoms with Crippen LogP contribution in [-0.4, -0.2) is 21.9 Å². The number of aromatic hydroxyl groups is 1. The molecular weight excluding hydrogens is 348 g/mol. The third kappa shape index (κ3) is 3.67. The van der Waals surface area contributed by atoms with Gasteiger partial charge in [0.15, 0.2) is 5.69 Å². The van der Waals surface area contributed by atoms with Crippen LogP contribution in [-0.2, 0) is 13.1 Å². The third-order valence-electron chi connectivity index (χ3n) is 4.08. The van der Waals surface area contributed by atoms with Gasteiger partial charge in [-0.3, -0.25) is 0 Å². The Balaban J connectivity index is 1.72. The zero-order chi connectivity index (χ0) is 18.5. The highest BCUT2D eigenvalue weighted by atomic mass is 32.1. The van der Waals surface area contributed by atoms with Crippen molar-refractivity contribution in [1.29, 1.82) is 0 Å². The summed E-state index contributed by atoms with van der Waals surface area (Å²) in [6, 6.07) is 15.4. The second-order valence-corrected chi connectivity index (χ2v) is 6.03. The van der Waals surface area contributed by atoms with Crippen LogP contribution in [0.5, 0.6) is 11.6 Å². The van der Waals surface area contributed by atoms with Crippen molar-refractivity contribution in [2.45, 2.75) is 20.0 Å². The Labute approximate surface area is 157 Å². The third-order valence-corrected chi connectivity index (χ3v) is 4.30. The molecule has 0 aliphatic heterocycles. The fraction of sp³-hybridized carbons (Fsp3) is 0.211. The summed E-state index contributed by atoms with van der Waals surface area (Å²) in [5.41, 5.74) is 2.39. The highest BCUT2D eigenvalue weighted by Crippen LogP contribution is 2.38. The summed E-state index contributed by atoms with van der Waals surface area (Å²) in [5, 5.41) is 22.8. The van der Waals surface area contributed by atoms with E-state index in [-0.39, 0.29) is 11.0 Å². The molecule has 6 nitrogen and oxygen atoms in total. The second-order valence-electron chi connectivity index (χ2n) is 5.64. The molecule has 26 heavy (non-hydrogen) atoms. The van der Waals surface area contributed by atoms with Crippen molar-refractivity contribution < 1.29 is 9.84 Å². The molecule has 1 heterocycles. The number of hydrogen-bond acceptors (Lipinski definition) is 4. The standard InChI is InChI=1S/C19H20N4O2S/c1-3-23-16-7-5-4-6-15(16)17(18(23)24)21-22-19(26)20-12-13-8-10-14(25-2)11-9-13/h4-11,24H,3,12H2,1-2H3,(H,20,26). The molecule has 7 heteroatoms. The molecule has 0 atom stereocenters. The number of nitrogens with zero attached hydrogens (tertiary/aromatic N) is 3. The van der Waals surface area contributed by atoms with Gasteiger partial charge in [-0.2, -0.15) is 0 Å². The fourth-order valence-electron chi connectivity index (χ4n) is 2.74. The Kier molecular flexibility index (Phi) is 5.48. The Bertz CT molecular complexity index is 948. The highest BCUT2D eigenvalue weighted by Gasteiger charge is 2.15. The molecule has 2 N–H and O–H groups in total. The number of hydrogen-bond donors (Lipinski definition) is 2. The molecule has 0 aliphatic rings. The summed E-state index contributed by atoms with van der Waals surface area (Å²) in [4.78, 5) is 0. The molecule has 0 radical (unpaired) electrons. The van der Waals surface area contributed by atoms with Crippen molar-refractivity contribution in [3.63, 3.8) is 0 Å². The number of para-hydroxylation sites is 1. The molecule has 134 valence electrons. The van der Waals surface area contributed by atoms with Crippen molar-refractivity contribution in [3.05, 3.63) is 54.1 Å². The first-order valence-electron chi connectivity index (χ1n) is 8.26. The van der Waals surface area contributed by atoms with E-state index in [0.717, 1.165) is 22.2 Å². The lowest BCUT2D eigenvalue weighted by Gasteiger charge is -2.05. The molecule has 1 aromatic heterocycles. The van der Waals surface area contributed by atoms with Crippen LogP contribution in [0.1, 0.15) is 12.5 Å². The predicted octanol–water partition coefficient (Wildman–Crippen LogP) is 4.53. The molecule has 0 aliphatic carbocycles. The van der Waals surface area contributed by atoms with E-state index < -0.39 is 0 Å². The minimum Gasteiger partial charge on any atom is -0.497 e. The van der Waals surface area contributed by atoms with Crippen LogP contribution in [0, 0.1) is 0 Å². The maximum absolute atomic E-state index is 10.4. The zero-order valence-electron chi connectivity index (χ0n) is 14.6. The van der Waals surface area contributed by atoms with E-state index in [0.29, 0.717) is 18.8 Å². The maximum atomic E-state index is 10.4. The largest absolute Gasteiger partial charge is 0.497 e. The number of aromatic nitrogens is 1. The lowest BCUT2D eigenvalue weighted by molar-refractivity contribution is 0.414. The Morgan fingerprint density at radius 2 is 1.92 bits per heavy atom. The van der Waals surface area contributed by atoms with Crippen LogP contribution < -0.4 is 10.1 Å². The number of ether oxygens (including phenoxy) is 1. The predicted molar refractivity (Wildman–Crippen MR) is 106 cm³/mol. The summed E-state index contributed by atoms with van der Waals surface area (Å²) < 4.78 is 6.92. The molecule has 3 aromatic rings. The maximum Gasteiger partial charge on any atom is 0.220 e. The van der Waals surface area contributed by atoms with E-state index in [1.807, 2.05) is 55.5 Å². The monoisotopic (exact) mass is 368 g/mol. The van der Waals surface area contributed by atoms with E-state index >= 15 is 0 Å². The number of nitrogens with one attached hydrogen (secondary N) is 1. The second kappa shape index (κ2) is 7.97. The average Bonchev–Trinajstić information content (AvgIpc) is 2.95. The van der Waals surface area contributed by atoms with E-state index in [1.54, 1.807) is 11.7 Å². The van der Waals surface area contributed by atoms with Gasteiger partial charge < -0.3 is 19.7 Å². The van der Waals surface area contributed by atoms with Gasteiger partial charge in [-0.25, -0.2) is 0 Å². The van der Waals surface area contributed by atoms with Crippen LogP contribution >= 0.6 is 12.2 Å². The number of rotatable bonds is 5. The van der Waals surface area contributed by atoms with Crippen molar-refractivity contribution in [3.8, 4) is 11.6 Å². The van der Waals surface area contributed by atoms with Gasteiger partial charge in [0, 0.05) is 18.5 Å². The highest BCUT2D eigenvalue weighted by molar-refractivity contribution is 7.80. The first-order chi connectivity index (χ1) is 12.6. The van der Waals surface area contributed by atoms with Gasteiger partial charge in [-0.05, 0) is 42.9 Å². The van der Waals surface area contributed by atoms with Gasteiger partial charge in [0.05, 0.1) is 12.6 Å². The van der Waals surface area contributed by atoms with E-state index in [4.69, 9.17) is 17.0 Å². The lowest BCUT2D eigenvalue weighted by atomic mass is 10.2. The van der Waals surface area contributed by atoms with Gasteiger partial charge in [-0.1, -0.05) is 30.3 Å². The Morgan fingerprint density at radius 3 is 2.62 bits per heavy atom. The molecular formula is C19H20N4O2S. The smallest absolute Gasteiger partial charge is 0.220 e. The van der Waals surface area contributed by atoms with E-state index in [9.17, 15) is 5.11 Å². The number of aryl methyl sites for hydroxylation is 1. The van der Waals surface area contributed by atoms with Gasteiger partial charge in [0.1, 0.15) is 5.75 Å². The SMILES string of the molecule is CCn1c(O)c(N=NC(=S)NCc2ccc(OC)cc2)c2ccccc21. The molecule has 2 aromatic carbocycles. The van der Waals surface area contributed by atoms with Crippen LogP contribution in [0.4, 0.5) is 5.69 Å². The van der Waals surface area contributed by atoms with Gasteiger partial charge in [0.2, 0.25) is 11.0 Å².